The van der Waals surface area contributed by atoms with E-state index in [0.717, 1.165) is 29.0 Å². The topological polar surface area (TPSA) is 76.1 Å². The van der Waals surface area contributed by atoms with Crippen LogP contribution in [0.4, 0.5) is 0 Å². The summed E-state index contributed by atoms with van der Waals surface area (Å²) in [5.41, 5.74) is 2.07. The second kappa shape index (κ2) is 11.0. The lowest BCUT2D eigenvalue weighted by molar-refractivity contribution is 0.0523. The Balaban J connectivity index is 1.64. The highest BCUT2D eigenvalue weighted by atomic mass is 32.2. The first-order valence-corrected chi connectivity index (χ1v) is 12.7. The molecule has 1 aliphatic heterocycles. The number of hydrogen-bond donors (Lipinski definition) is 1. The van der Waals surface area contributed by atoms with Gasteiger partial charge in [0.1, 0.15) is 24.2 Å². The first-order chi connectivity index (χ1) is 14.9. The van der Waals surface area contributed by atoms with Crippen LogP contribution in [0.25, 0.3) is 0 Å². The highest BCUT2D eigenvalue weighted by Crippen LogP contribution is 2.22. The number of benzene rings is 2. The van der Waals surface area contributed by atoms with Crippen molar-refractivity contribution in [3.05, 3.63) is 59.7 Å². The molecule has 2 aromatic rings. The molecule has 0 amide bonds. The van der Waals surface area contributed by atoms with Crippen molar-refractivity contribution in [3.63, 3.8) is 0 Å². The van der Waals surface area contributed by atoms with E-state index in [9.17, 15) is 13.5 Å². The highest BCUT2D eigenvalue weighted by molar-refractivity contribution is 7.91. The first kappa shape index (κ1) is 23.6. The Morgan fingerprint density at radius 1 is 1.13 bits per heavy atom. The van der Waals surface area contributed by atoms with Crippen molar-refractivity contribution in [1.29, 1.82) is 0 Å². The smallest absolute Gasteiger partial charge is 0.151 e. The molecule has 0 radical (unpaired) electrons. The number of aliphatic hydroxyl groups is 1. The lowest BCUT2D eigenvalue weighted by Crippen LogP contribution is -2.42. The Morgan fingerprint density at radius 3 is 2.52 bits per heavy atom. The van der Waals surface area contributed by atoms with Crippen molar-refractivity contribution in [3.8, 4) is 11.5 Å². The molecule has 0 spiro atoms. The van der Waals surface area contributed by atoms with E-state index in [0.29, 0.717) is 26.1 Å². The van der Waals surface area contributed by atoms with Gasteiger partial charge in [-0.05, 0) is 49.1 Å². The van der Waals surface area contributed by atoms with E-state index in [-0.39, 0.29) is 24.2 Å². The van der Waals surface area contributed by atoms with Crippen LogP contribution in [-0.4, -0.2) is 61.8 Å². The summed E-state index contributed by atoms with van der Waals surface area (Å²) in [4.78, 5) is 2.07. The van der Waals surface area contributed by atoms with Crippen LogP contribution in [0, 0.1) is 6.92 Å². The van der Waals surface area contributed by atoms with Crippen LogP contribution in [0.2, 0.25) is 0 Å². The quantitative estimate of drug-likeness (QED) is 0.570. The van der Waals surface area contributed by atoms with E-state index in [1.807, 2.05) is 55.5 Å². The fraction of sp³-hybridized carbons (Fsp3) is 0.500. The average Bonchev–Trinajstić information content (AvgIpc) is 3.12. The van der Waals surface area contributed by atoms with Gasteiger partial charge in [0.05, 0.1) is 18.1 Å². The Kier molecular flexibility index (Phi) is 8.35. The summed E-state index contributed by atoms with van der Waals surface area (Å²) in [6, 6.07) is 15.5. The molecule has 0 aliphatic carbocycles. The maximum absolute atomic E-state index is 12.0. The van der Waals surface area contributed by atoms with Gasteiger partial charge in [-0.1, -0.05) is 37.3 Å². The molecule has 1 fully saturated rings. The molecular weight excluding hydrogens is 414 g/mol. The molecule has 0 bridgehead atoms. The molecule has 3 rings (SSSR count). The highest BCUT2D eigenvalue weighted by Gasteiger charge is 2.33. The van der Waals surface area contributed by atoms with Crippen molar-refractivity contribution < 1.29 is 23.0 Å². The zero-order valence-corrected chi connectivity index (χ0v) is 19.2. The predicted molar refractivity (Wildman–Crippen MR) is 122 cm³/mol. The van der Waals surface area contributed by atoms with Crippen molar-refractivity contribution in [2.24, 2.45) is 0 Å². The van der Waals surface area contributed by atoms with Crippen LogP contribution >= 0.6 is 0 Å². The average molecular weight is 448 g/mol. The lowest BCUT2D eigenvalue weighted by atomic mass is 10.1. The first-order valence-electron chi connectivity index (χ1n) is 10.9. The van der Waals surface area contributed by atoms with Gasteiger partial charge in [0.25, 0.3) is 0 Å². The third-order valence-electron chi connectivity index (χ3n) is 5.48. The van der Waals surface area contributed by atoms with Crippen LogP contribution in [0.5, 0.6) is 11.5 Å². The Hall–Kier alpha value is -2.09. The zero-order chi connectivity index (χ0) is 22.3. The number of aryl methyl sites for hydroxylation is 1. The van der Waals surface area contributed by atoms with E-state index in [4.69, 9.17) is 9.47 Å². The van der Waals surface area contributed by atoms with Crippen LogP contribution in [0.3, 0.4) is 0 Å². The van der Waals surface area contributed by atoms with Gasteiger partial charge in [-0.15, -0.1) is 0 Å². The molecule has 7 heteroatoms. The van der Waals surface area contributed by atoms with Crippen molar-refractivity contribution in [2.45, 2.75) is 45.4 Å². The van der Waals surface area contributed by atoms with Crippen LogP contribution in [-0.2, 0) is 16.4 Å². The number of hydrogen-bond acceptors (Lipinski definition) is 6. The molecule has 2 atom stereocenters. The largest absolute Gasteiger partial charge is 0.494 e. The molecule has 2 aromatic carbocycles. The van der Waals surface area contributed by atoms with Gasteiger partial charge in [-0.2, -0.15) is 0 Å². The van der Waals surface area contributed by atoms with Crippen molar-refractivity contribution in [2.75, 3.05) is 31.3 Å². The summed E-state index contributed by atoms with van der Waals surface area (Å²) in [6.07, 6.45) is 0.814. The van der Waals surface area contributed by atoms with E-state index in [1.54, 1.807) is 0 Å². The number of sulfone groups is 1. The van der Waals surface area contributed by atoms with E-state index in [2.05, 4.69) is 11.8 Å². The fourth-order valence-electron chi connectivity index (χ4n) is 3.78. The summed E-state index contributed by atoms with van der Waals surface area (Å²) < 4.78 is 35.5. The summed E-state index contributed by atoms with van der Waals surface area (Å²) in [7, 11) is -3.02. The third-order valence-corrected chi connectivity index (χ3v) is 7.23. The van der Waals surface area contributed by atoms with Gasteiger partial charge < -0.3 is 14.6 Å². The van der Waals surface area contributed by atoms with Gasteiger partial charge in [-0.3, -0.25) is 4.90 Å². The Labute approximate surface area is 185 Å². The Morgan fingerprint density at radius 2 is 1.87 bits per heavy atom. The Bertz CT molecular complexity index is 929. The molecule has 2 unspecified atom stereocenters. The van der Waals surface area contributed by atoms with Gasteiger partial charge >= 0.3 is 0 Å². The molecule has 170 valence electrons. The monoisotopic (exact) mass is 447 g/mol. The van der Waals surface area contributed by atoms with Crippen molar-refractivity contribution >= 4 is 9.84 Å². The minimum Gasteiger partial charge on any atom is -0.494 e. The molecule has 1 aliphatic rings. The third kappa shape index (κ3) is 7.23. The number of aliphatic hydroxyl groups excluding tert-OH is 1. The predicted octanol–water partition coefficient (Wildman–Crippen LogP) is 3.21. The molecular formula is C24H33NO5S. The molecule has 1 saturated heterocycles. The van der Waals surface area contributed by atoms with E-state index < -0.39 is 15.9 Å². The molecule has 0 saturated carbocycles. The maximum atomic E-state index is 12.0. The van der Waals surface area contributed by atoms with Crippen LogP contribution < -0.4 is 9.47 Å². The number of ether oxygens (including phenoxy) is 2. The maximum Gasteiger partial charge on any atom is 0.151 e. The van der Waals surface area contributed by atoms with Crippen molar-refractivity contribution in [1.82, 2.24) is 4.90 Å². The zero-order valence-electron chi connectivity index (χ0n) is 18.4. The second-order valence-electron chi connectivity index (χ2n) is 8.21. The van der Waals surface area contributed by atoms with Gasteiger partial charge in [0.15, 0.2) is 9.84 Å². The molecule has 31 heavy (non-hydrogen) atoms. The minimum atomic E-state index is -3.02. The van der Waals surface area contributed by atoms with Gasteiger partial charge in [-0.25, -0.2) is 8.42 Å². The standard InChI is InChI=1S/C24H33NO5S/c1-3-13-29-23-10-8-20(9-11-23)15-25(21-12-14-31(27,28)18-21)16-22(26)17-30-24-7-5-4-6-19(24)2/h4-11,21-22,26H,3,12-18H2,1-2H3. The molecule has 1 N–H and O–H groups in total. The number of rotatable bonds is 11. The normalized spacial score (nSPS) is 18.8. The van der Waals surface area contributed by atoms with Crippen LogP contribution in [0.1, 0.15) is 30.9 Å². The number of nitrogens with zero attached hydrogens (tertiary/aromatic N) is 1. The molecule has 0 aromatic heterocycles. The van der Waals surface area contributed by atoms with Gasteiger partial charge in [0.2, 0.25) is 0 Å². The fourth-order valence-corrected chi connectivity index (χ4v) is 5.54. The second-order valence-corrected chi connectivity index (χ2v) is 10.4. The summed E-state index contributed by atoms with van der Waals surface area (Å²) >= 11 is 0. The summed E-state index contributed by atoms with van der Waals surface area (Å²) in [6.45, 7) is 5.78. The molecule has 1 heterocycles. The number of para-hydroxylation sites is 1. The molecule has 6 nitrogen and oxygen atoms in total. The summed E-state index contributed by atoms with van der Waals surface area (Å²) in [5, 5.41) is 10.6. The van der Waals surface area contributed by atoms with Crippen LogP contribution in [0.15, 0.2) is 48.5 Å². The lowest BCUT2D eigenvalue weighted by Gasteiger charge is -2.30. The van der Waals surface area contributed by atoms with E-state index >= 15 is 0 Å². The SMILES string of the molecule is CCCOc1ccc(CN(CC(O)COc2ccccc2C)C2CCS(=O)(=O)C2)cc1. The summed E-state index contributed by atoms with van der Waals surface area (Å²) in [5.74, 6) is 1.91. The van der Waals surface area contributed by atoms with E-state index in [1.165, 1.54) is 0 Å². The van der Waals surface area contributed by atoms with Gasteiger partial charge in [0, 0.05) is 19.1 Å². The minimum absolute atomic E-state index is 0.103.